The van der Waals surface area contributed by atoms with Gasteiger partial charge >= 0.3 is 0 Å². The minimum Gasteiger partial charge on any atom is -0.306 e. The maximum Gasteiger partial charge on any atom is 0.175 e. The van der Waals surface area contributed by atoms with Gasteiger partial charge in [0, 0.05) is 24.2 Å². The molecule has 0 aliphatic heterocycles. The molecule has 0 fully saturated rings. The van der Waals surface area contributed by atoms with Gasteiger partial charge in [0.2, 0.25) is 0 Å². The lowest BCUT2D eigenvalue weighted by atomic mass is 10.0. The van der Waals surface area contributed by atoms with Crippen molar-refractivity contribution in [1.82, 2.24) is 15.3 Å². The molecule has 0 amide bonds. The SMILES string of the molecule is CCNC(c1ccc(S(C)(=O)=O)cc1)c1cncnc1. The lowest BCUT2D eigenvalue weighted by molar-refractivity contribution is 0.601. The van der Waals surface area contributed by atoms with Crippen molar-refractivity contribution in [2.24, 2.45) is 0 Å². The summed E-state index contributed by atoms with van der Waals surface area (Å²) in [4.78, 5) is 8.37. The Morgan fingerprint density at radius 3 is 2.20 bits per heavy atom. The Bertz CT molecular complexity index is 655. The van der Waals surface area contributed by atoms with Crippen LogP contribution in [0.2, 0.25) is 0 Å². The predicted octanol–water partition coefficient (Wildman–Crippen LogP) is 1.58. The molecular formula is C14H17N3O2S. The summed E-state index contributed by atoms with van der Waals surface area (Å²) < 4.78 is 22.9. The number of hydrogen-bond donors (Lipinski definition) is 1. The lowest BCUT2D eigenvalue weighted by Gasteiger charge is -2.18. The molecule has 2 aromatic rings. The topological polar surface area (TPSA) is 72.0 Å². The largest absolute Gasteiger partial charge is 0.306 e. The Balaban J connectivity index is 2.36. The van der Waals surface area contributed by atoms with Gasteiger partial charge in [0.05, 0.1) is 10.9 Å². The highest BCUT2D eigenvalue weighted by molar-refractivity contribution is 7.90. The molecule has 0 bridgehead atoms. The molecule has 0 aliphatic rings. The molecule has 6 heteroatoms. The average molecular weight is 291 g/mol. The van der Waals surface area contributed by atoms with Crippen LogP contribution >= 0.6 is 0 Å². The molecule has 0 aliphatic carbocycles. The van der Waals surface area contributed by atoms with E-state index in [0.717, 1.165) is 17.7 Å². The van der Waals surface area contributed by atoms with Crippen molar-refractivity contribution in [3.05, 3.63) is 54.1 Å². The summed E-state index contributed by atoms with van der Waals surface area (Å²) >= 11 is 0. The number of nitrogens with one attached hydrogen (secondary N) is 1. The minimum absolute atomic E-state index is 0.0465. The minimum atomic E-state index is -3.17. The van der Waals surface area contributed by atoms with Crippen molar-refractivity contribution in [3.8, 4) is 0 Å². The molecule has 1 aromatic heterocycles. The van der Waals surface area contributed by atoms with E-state index in [-0.39, 0.29) is 6.04 Å². The molecule has 0 spiro atoms. The molecule has 0 saturated carbocycles. The lowest BCUT2D eigenvalue weighted by Crippen LogP contribution is -2.22. The normalized spacial score (nSPS) is 13.1. The van der Waals surface area contributed by atoms with Gasteiger partial charge in [-0.3, -0.25) is 0 Å². The molecule has 1 unspecified atom stereocenters. The third-order valence-corrected chi connectivity index (χ3v) is 4.09. The molecule has 1 aromatic carbocycles. The van der Waals surface area contributed by atoms with Crippen LogP contribution in [0, 0.1) is 0 Å². The van der Waals surface area contributed by atoms with Crippen LogP contribution in [-0.2, 0) is 9.84 Å². The first kappa shape index (κ1) is 14.6. The van der Waals surface area contributed by atoms with E-state index in [9.17, 15) is 8.42 Å². The fourth-order valence-electron chi connectivity index (χ4n) is 2.00. The Morgan fingerprint density at radius 2 is 1.70 bits per heavy atom. The average Bonchev–Trinajstić information content (AvgIpc) is 2.45. The summed E-state index contributed by atoms with van der Waals surface area (Å²) in [5.74, 6) is 0. The van der Waals surface area contributed by atoms with Gasteiger partial charge in [0.15, 0.2) is 9.84 Å². The zero-order valence-electron chi connectivity index (χ0n) is 11.4. The summed E-state index contributed by atoms with van der Waals surface area (Å²) in [6, 6.07) is 6.83. The standard InChI is InChI=1S/C14H17N3O2S/c1-3-17-14(12-8-15-10-16-9-12)11-4-6-13(7-5-11)20(2,18)19/h4-10,14,17H,3H2,1-2H3. The van der Waals surface area contributed by atoms with Crippen LogP contribution in [0.15, 0.2) is 47.9 Å². The highest BCUT2D eigenvalue weighted by Crippen LogP contribution is 2.22. The monoisotopic (exact) mass is 291 g/mol. The second kappa shape index (κ2) is 6.11. The predicted molar refractivity (Wildman–Crippen MR) is 77.1 cm³/mol. The second-order valence-electron chi connectivity index (χ2n) is 4.50. The van der Waals surface area contributed by atoms with Gasteiger partial charge in [0.25, 0.3) is 0 Å². The van der Waals surface area contributed by atoms with E-state index in [1.165, 1.54) is 12.6 Å². The Morgan fingerprint density at radius 1 is 1.10 bits per heavy atom. The fourth-order valence-corrected chi connectivity index (χ4v) is 2.63. The van der Waals surface area contributed by atoms with E-state index in [0.29, 0.717) is 4.90 Å². The first-order valence-electron chi connectivity index (χ1n) is 6.30. The summed E-state index contributed by atoms with van der Waals surface area (Å²) in [7, 11) is -3.17. The van der Waals surface area contributed by atoms with Crippen LogP contribution in [0.5, 0.6) is 0 Å². The third kappa shape index (κ3) is 3.40. The first-order valence-corrected chi connectivity index (χ1v) is 8.20. The molecule has 2 rings (SSSR count). The van der Waals surface area contributed by atoms with Crippen molar-refractivity contribution < 1.29 is 8.42 Å². The fraction of sp³-hybridized carbons (Fsp3) is 0.286. The Kier molecular flexibility index (Phi) is 4.46. The zero-order valence-corrected chi connectivity index (χ0v) is 12.3. The van der Waals surface area contributed by atoms with Crippen molar-refractivity contribution in [2.45, 2.75) is 17.9 Å². The van der Waals surface area contributed by atoms with Gasteiger partial charge in [-0.15, -0.1) is 0 Å². The third-order valence-electron chi connectivity index (χ3n) is 2.96. The van der Waals surface area contributed by atoms with Crippen LogP contribution in [0.4, 0.5) is 0 Å². The van der Waals surface area contributed by atoms with Crippen LogP contribution in [0.3, 0.4) is 0 Å². The maximum atomic E-state index is 11.5. The molecule has 1 atom stereocenters. The number of rotatable bonds is 5. The number of aromatic nitrogens is 2. The van der Waals surface area contributed by atoms with E-state index in [1.807, 2.05) is 19.1 Å². The van der Waals surface area contributed by atoms with Crippen LogP contribution < -0.4 is 5.32 Å². The number of hydrogen-bond acceptors (Lipinski definition) is 5. The van der Waals surface area contributed by atoms with Crippen LogP contribution in [-0.4, -0.2) is 31.2 Å². The smallest absolute Gasteiger partial charge is 0.175 e. The van der Waals surface area contributed by atoms with Gasteiger partial charge in [-0.05, 0) is 24.2 Å². The Labute approximate surface area is 119 Å². The van der Waals surface area contributed by atoms with Crippen molar-refractivity contribution in [1.29, 1.82) is 0 Å². The molecule has 20 heavy (non-hydrogen) atoms. The van der Waals surface area contributed by atoms with Crippen LogP contribution in [0.1, 0.15) is 24.1 Å². The van der Waals surface area contributed by atoms with Gasteiger partial charge in [-0.1, -0.05) is 19.1 Å². The molecular weight excluding hydrogens is 274 g/mol. The molecule has 0 saturated heterocycles. The molecule has 106 valence electrons. The quantitative estimate of drug-likeness (QED) is 0.905. The highest BCUT2D eigenvalue weighted by Gasteiger charge is 2.14. The Hall–Kier alpha value is -1.79. The number of nitrogens with zero attached hydrogens (tertiary/aromatic N) is 2. The van der Waals surface area contributed by atoms with Gasteiger partial charge < -0.3 is 5.32 Å². The summed E-state index contributed by atoms with van der Waals surface area (Å²) in [6.07, 6.45) is 6.20. The van der Waals surface area contributed by atoms with E-state index in [4.69, 9.17) is 0 Å². The van der Waals surface area contributed by atoms with E-state index < -0.39 is 9.84 Å². The van der Waals surface area contributed by atoms with Crippen molar-refractivity contribution >= 4 is 9.84 Å². The second-order valence-corrected chi connectivity index (χ2v) is 6.52. The molecule has 0 radical (unpaired) electrons. The van der Waals surface area contributed by atoms with Gasteiger partial charge in [0.1, 0.15) is 6.33 Å². The summed E-state index contributed by atoms with van der Waals surface area (Å²) in [5.41, 5.74) is 1.93. The zero-order chi connectivity index (χ0) is 14.6. The molecule has 5 nitrogen and oxygen atoms in total. The van der Waals surface area contributed by atoms with Crippen molar-refractivity contribution in [2.75, 3.05) is 12.8 Å². The maximum absolute atomic E-state index is 11.5. The van der Waals surface area contributed by atoms with E-state index >= 15 is 0 Å². The molecule has 1 N–H and O–H groups in total. The number of benzene rings is 1. The molecule has 1 heterocycles. The van der Waals surface area contributed by atoms with Gasteiger partial charge in [-0.25, -0.2) is 18.4 Å². The highest BCUT2D eigenvalue weighted by atomic mass is 32.2. The van der Waals surface area contributed by atoms with Gasteiger partial charge in [-0.2, -0.15) is 0 Å². The van der Waals surface area contributed by atoms with Crippen LogP contribution in [0.25, 0.3) is 0 Å². The summed E-state index contributed by atoms with van der Waals surface area (Å²) in [6.45, 7) is 2.80. The number of sulfone groups is 1. The summed E-state index contributed by atoms with van der Waals surface area (Å²) in [5, 5.41) is 3.34. The van der Waals surface area contributed by atoms with Crippen molar-refractivity contribution in [3.63, 3.8) is 0 Å². The first-order chi connectivity index (χ1) is 9.52. The van der Waals surface area contributed by atoms with E-state index in [2.05, 4.69) is 15.3 Å². The van der Waals surface area contributed by atoms with E-state index in [1.54, 1.807) is 24.5 Å².